The summed E-state index contributed by atoms with van der Waals surface area (Å²) in [5.41, 5.74) is 1.75. The molecule has 2 aromatic rings. The van der Waals surface area contributed by atoms with Gasteiger partial charge in [0, 0.05) is 22.8 Å². The number of Topliss-reactive ketones (excluding diaryl/α,β-unsaturated/α-hetero) is 1. The summed E-state index contributed by atoms with van der Waals surface area (Å²) in [6, 6.07) is 15.7. The number of hydrogen-bond donors (Lipinski definition) is 0. The van der Waals surface area contributed by atoms with Crippen LogP contribution in [0.5, 0.6) is 0 Å². The van der Waals surface area contributed by atoms with Crippen LogP contribution in [-0.2, 0) is 4.79 Å². The number of halogens is 1. The minimum absolute atomic E-state index is 0.0673. The van der Waals surface area contributed by atoms with Gasteiger partial charge >= 0.3 is 0 Å². The molecule has 0 radical (unpaired) electrons. The normalized spacial score (nSPS) is 23.7. The van der Waals surface area contributed by atoms with Gasteiger partial charge in [-0.2, -0.15) is 0 Å². The van der Waals surface area contributed by atoms with E-state index in [4.69, 9.17) is 11.6 Å². The van der Waals surface area contributed by atoms with Gasteiger partial charge in [-0.05, 0) is 23.3 Å². The molecule has 1 aliphatic carbocycles. The molecular weight excluding hydrogens is 338 g/mol. The molecule has 0 aliphatic heterocycles. The van der Waals surface area contributed by atoms with E-state index >= 15 is 0 Å². The van der Waals surface area contributed by atoms with Crippen molar-refractivity contribution in [2.45, 2.75) is 24.8 Å². The molecule has 0 aromatic heterocycles. The molecule has 0 bridgehead atoms. The number of hydrogen-bond acceptors (Lipinski definition) is 3. The molecule has 0 heterocycles. The summed E-state index contributed by atoms with van der Waals surface area (Å²) in [5, 5.41) is 12.4. The van der Waals surface area contributed by atoms with Crippen molar-refractivity contribution in [1.29, 1.82) is 0 Å². The molecule has 0 spiro atoms. The molecule has 0 amide bonds. The van der Waals surface area contributed by atoms with Crippen LogP contribution in [0.15, 0.2) is 60.7 Å². The fourth-order valence-corrected chi connectivity index (χ4v) is 3.57. The van der Waals surface area contributed by atoms with Crippen LogP contribution in [0.4, 0.5) is 0 Å². The number of ketones is 1. The molecule has 3 rings (SSSR count). The highest BCUT2D eigenvalue weighted by atomic mass is 35.5. The zero-order valence-electron chi connectivity index (χ0n) is 13.5. The maximum Gasteiger partial charge on any atom is 0.226 e. The third-order valence-corrected chi connectivity index (χ3v) is 4.89. The molecule has 5 heteroatoms. The average molecular weight is 356 g/mol. The van der Waals surface area contributed by atoms with E-state index in [9.17, 15) is 14.9 Å². The monoisotopic (exact) mass is 355 g/mol. The Morgan fingerprint density at radius 1 is 1.04 bits per heavy atom. The number of nitrogens with zero attached hydrogens (tertiary/aromatic N) is 1. The number of benzene rings is 2. The van der Waals surface area contributed by atoms with Crippen molar-refractivity contribution < 1.29 is 9.72 Å². The van der Waals surface area contributed by atoms with E-state index < -0.39 is 17.9 Å². The Balaban J connectivity index is 1.89. The van der Waals surface area contributed by atoms with E-state index in [2.05, 4.69) is 0 Å². The van der Waals surface area contributed by atoms with Crippen LogP contribution >= 0.6 is 11.6 Å². The van der Waals surface area contributed by atoms with Gasteiger partial charge in [-0.25, -0.2) is 0 Å². The molecule has 128 valence electrons. The highest BCUT2D eigenvalue weighted by molar-refractivity contribution is 6.30. The van der Waals surface area contributed by atoms with Gasteiger partial charge in [-0.3, -0.25) is 14.9 Å². The smallest absolute Gasteiger partial charge is 0.226 e. The first-order valence-electron chi connectivity index (χ1n) is 8.18. The third-order valence-electron chi connectivity index (χ3n) is 4.64. The highest BCUT2D eigenvalue weighted by Gasteiger charge is 2.44. The van der Waals surface area contributed by atoms with Crippen LogP contribution in [-0.4, -0.2) is 16.7 Å². The quantitative estimate of drug-likeness (QED) is 0.586. The molecule has 3 atom stereocenters. The molecule has 0 N–H and O–H groups in total. The second-order valence-electron chi connectivity index (χ2n) is 6.31. The van der Waals surface area contributed by atoms with Crippen LogP contribution in [0.3, 0.4) is 0 Å². The van der Waals surface area contributed by atoms with Crippen LogP contribution in [0, 0.1) is 16.0 Å². The van der Waals surface area contributed by atoms with Crippen LogP contribution < -0.4 is 0 Å². The standard InChI is InChI=1S/C20H18ClNO3/c21-17-10-7-14(8-11-17)6-9-16-12-18(23)13-19(20(16)22(24)25)15-4-2-1-3-5-15/h1-11,16,19-20H,12-13H2/b9-6+/t16-,19+,20-/m1/s1. The molecule has 0 unspecified atom stereocenters. The minimum atomic E-state index is -0.802. The van der Waals surface area contributed by atoms with Crippen molar-refractivity contribution in [1.82, 2.24) is 0 Å². The first-order chi connectivity index (χ1) is 12.0. The molecule has 2 aromatic carbocycles. The lowest BCUT2D eigenvalue weighted by molar-refractivity contribution is -0.535. The summed E-state index contributed by atoms with van der Waals surface area (Å²) in [4.78, 5) is 23.7. The Bertz CT molecular complexity index is 786. The van der Waals surface area contributed by atoms with E-state index in [0.29, 0.717) is 5.02 Å². The average Bonchev–Trinajstić information content (AvgIpc) is 2.61. The largest absolute Gasteiger partial charge is 0.300 e. The molecule has 1 saturated carbocycles. The predicted octanol–water partition coefficient (Wildman–Crippen LogP) is 4.76. The molecule has 0 saturated heterocycles. The summed E-state index contributed by atoms with van der Waals surface area (Å²) < 4.78 is 0. The minimum Gasteiger partial charge on any atom is -0.300 e. The number of nitro groups is 1. The lowest BCUT2D eigenvalue weighted by Crippen LogP contribution is -2.40. The Labute approximate surface area is 151 Å². The van der Waals surface area contributed by atoms with Gasteiger partial charge in [0.1, 0.15) is 5.78 Å². The highest BCUT2D eigenvalue weighted by Crippen LogP contribution is 2.37. The van der Waals surface area contributed by atoms with Gasteiger partial charge < -0.3 is 0 Å². The van der Waals surface area contributed by atoms with Crippen molar-refractivity contribution in [2.75, 3.05) is 0 Å². The van der Waals surface area contributed by atoms with Crippen molar-refractivity contribution in [2.24, 2.45) is 5.92 Å². The predicted molar refractivity (Wildman–Crippen MR) is 98.2 cm³/mol. The SMILES string of the molecule is O=C1C[C@@H](/C=C/c2ccc(Cl)cc2)[C@@H]([N+](=O)[O-])[C@H](c2ccccc2)C1. The van der Waals surface area contributed by atoms with Gasteiger partial charge in [0.15, 0.2) is 0 Å². The lowest BCUT2D eigenvalue weighted by atomic mass is 9.73. The van der Waals surface area contributed by atoms with Crippen molar-refractivity contribution >= 4 is 23.5 Å². The molecule has 25 heavy (non-hydrogen) atoms. The fraction of sp³-hybridized carbons (Fsp3) is 0.250. The van der Waals surface area contributed by atoms with Crippen LogP contribution in [0.1, 0.15) is 29.9 Å². The Morgan fingerprint density at radius 3 is 2.36 bits per heavy atom. The third kappa shape index (κ3) is 4.15. The summed E-state index contributed by atoms with van der Waals surface area (Å²) in [7, 11) is 0. The van der Waals surface area contributed by atoms with E-state index in [1.165, 1.54) is 0 Å². The van der Waals surface area contributed by atoms with Gasteiger partial charge in [-0.15, -0.1) is 0 Å². The lowest BCUT2D eigenvalue weighted by Gasteiger charge is -2.30. The molecular formula is C20H18ClNO3. The Kier molecular flexibility index (Phi) is 5.29. The molecule has 1 aliphatic rings. The fourth-order valence-electron chi connectivity index (χ4n) is 3.44. The van der Waals surface area contributed by atoms with Crippen LogP contribution in [0.2, 0.25) is 5.02 Å². The van der Waals surface area contributed by atoms with E-state index in [1.54, 1.807) is 18.2 Å². The second kappa shape index (κ2) is 7.62. The second-order valence-corrected chi connectivity index (χ2v) is 6.75. The first-order valence-corrected chi connectivity index (χ1v) is 8.56. The van der Waals surface area contributed by atoms with Gasteiger partial charge in [0.2, 0.25) is 6.04 Å². The van der Waals surface area contributed by atoms with E-state index in [-0.39, 0.29) is 23.5 Å². The van der Waals surface area contributed by atoms with E-state index in [1.807, 2.05) is 48.5 Å². The Morgan fingerprint density at radius 2 is 1.72 bits per heavy atom. The van der Waals surface area contributed by atoms with Crippen molar-refractivity contribution in [3.63, 3.8) is 0 Å². The summed E-state index contributed by atoms with van der Waals surface area (Å²) >= 11 is 5.87. The summed E-state index contributed by atoms with van der Waals surface area (Å²) in [6.45, 7) is 0. The van der Waals surface area contributed by atoms with Crippen LogP contribution in [0.25, 0.3) is 6.08 Å². The number of carbonyl (C=O) groups excluding carboxylic acids is 1. The first kappa shape index (κ1) is 17.4. The Hall–Kier alpha value is -2.46. The van der Waals surface area contributed by atoms with E-state index in [0.717, 1.165) is 11.1 Å². The topological polar surface area (TPSA) is 60.2 Å². The van der Waals surface area contributed by atoms with Gasteiger partial charge in [0.05, 0.1) is 11.8 Å². The maximum absolute atomic E-state index is 12.2. The van der Waals surface area contributed by atoms with Gasteiger partial charge in [-0.1, -0.05) is 66.2 Å². The molecule has 1 fully saturated rings. The maximum atomic E-state index is 12.2. The summed E-state index contributed by atoms with van der Waals surface area (Å²) in [6.07, 6.45) is 4.06. The molecule has 4 nitrogen and oxygen atoms in total. The zero-order valence-corrected chi connectivity index (χ0v) is 14.3. The number of rotatable bonds is 4. The van der Waals surface area contributed by atoms with Gasteiger partial charge in [0.25, 0.3) is 0 Å². The van der Waals surface area contributed by atoms with Crippen molar-refractivity contribution in [3.05, 3.63) is 86.9 Å². The zero-order chi connectivity index (χ0) is 17.8. The summed E-state index contributed by atoms with van der Waals surface area (Å²) in [5.74, 6) is -0.743. The van der Waals surface area contributed by atoms with Crippen molar-refractivity contribution in [3.8, 4) is 0 Å². The number of carbonyl (C=O) groups is 1.